The summed E-state index contributed by atoms with van der Waals surface area (Å²) < 4.78 is 16.0. The zero-order chi connectivity index (χ0) is 17.8. The number of carbonyl (C=O) groups excluding carboxylic acids is 1. The lowest BCUT2D eigenvalue weighted by molar-refractivity contribution is -0.126. The van der Waals surface area contributed by atoms with Gasteiger partial charge in [0.25, 0.3) is 5.91 Å². The first-order chi connectivity index (χ1) is 10.4. The van der Waals surface area contributed by atoms with E-state index in [1.54, 1.807) is 6.92 Å². The summed E-state index contributed by atoms with van der Waals surface area (Å²) in [6.07, 6.45) is -0.611. The molecule has 8 heteroatoms. The van der Waals surface area contributed by atoms with Crippen LogP contribution in [0.15, 0.2) is 0 Å². The number of nitrogens with one attached hydrogen (secondary N) is 1. The topological polar surface area (TPSA) is 73.3 Å². The van der Waals surface area contributed by atoms with E-state index >= 15 is 0 Å². The standard InChI is InChI=1S/C15H29N3O3SSi/c1-10(2)20-9-12(21-23(7,8)15(4,5)6)13(19)17-14-16-11(3)18-22-14/h10,12H,9H2,1-8H3,(H,16,17,18,19)/t12-/m0/s1. The van der Waals surface area contributed by atoms with Crippen molar-refractivity contribution in [3.05, 3.63) is 5.82 Å². The Balaban J connectivity index is 2.84. The predicted octanol–water partition coefficient (Wildman–Crippen LogP) is 3.60. The zero-order valence-corrected chi connectivity index (χ0v) is 17.2. The molecule has 0 aliphatic heterocycles. The van der Waals surface area contributed by atoms with E-state index in [-0.39, 0.29) is 23.7 Å². The van der Waals surface area contributed by atoms with Crippen LogP contribution in [0.3, 0.4) is 0 Å². The Bertz CT molecular complexity index is 526. The summed E-state index contributed by atoms with van der Waals surface area (Å²) >= 11 is 1.17. The summed E-state index contributed by atoms with van der Waals surface area (Å²) in [5.74, 6) is 0.414. The van der Waals surface area contributed by atoms with Crippen molar-refractivity contribution in [2.24, 2.45) is 0 Å². The Hall–Kier alpha value is -0.833. The normalized spacial score (nSPS) is 14.1. The molecule has 1 rings (SSSR count). The Morgan fingerprint density at radius 1 is 1.35 bits per heavy atom. The molecule has 0 bridgehead atoms. The molecule has 0 aliphatic carbocycles. The van der Waals surface area contributed by atoms with Gasteiger partial charge in [-0.25, -0.2) is 4.98 Å². The van der Waals surface area contributed by atoms with Crippen LogP contribution in [-0.4, -0.2) is 42.4 Å². The minimum absolute atomic E-state index is 0.0166. The lowest BCUT2D eigenvalue weighted by Crippen LogP contribution is -2.49. The van der Waals surface area contributed by atoms with Crippen molar-refractivity contribution in [2.75, 3.05) is 11.9 Å². The molecule has 1 aromatic heterocycles. The Morgan fingerprint density at radius 3 is 2.39 bits per heavy atom. The first-order valence-corrected chi connectivity index (χ1v) is 11.5. The van der Waals surface area contributed by atoms with Crippen molar-refractivity contribution in [3.8, 4) is 0 Å². The molecule has 0 spiro atoms. The number of ether oxygens (including phenoxy) is 1. The maximum absolute atomic E-state index is 12.6. The van der Waals surface area contributed by atoms with Crippen LogP contribution in [-0.2, 0) is 14.0 Å². The molecular weight excluding hydrogens is 330 g/mol. The molecule has 1 N–H and O–H groups in total. The maximum Gasteiger partial charge on any atom is 0.256 e. The molecule has 6 nitrogen and oxygen atoms in total. The summed E-state index contributed by atoms with van der Waals surface area (Å²) in [5, 5.41) is 3.29. The second kappa shape index (κ2) is 7.83. The molecule has 0 unspecified atom stereocenters. The van der Waals surface area contributed by atoms with Gasteiger partial charge in [-0.05, 0) is 38.9 Å². The summed E-state index contributed by atoms with van der Waals surface area (Å²) in [6.45, 7) is 16.6. The number of nitrogens with zero attached hydrogens (tertiary/aromatic N) is 2. The number of aryl methyl sites for hydroxylation is 1. The highest BCUT2D eigenvalue weighted by atomic mass is 32.1. The van der Waals surface area contributed by atoms with Gasteiger partial charge in [-0.15, -0.1) is 0 Å². The fourth-order valence-corrected chi connectivity index (χ4v) is 3.33. The number of amides is 1. The lowest BCUT2D eigenvalue weighted by atomic mass is 10.2. The first-order valence-electron chi connectivity index (χ1n) is 7.83. The molecule has 0 radical (unpaired) electrons. The molecule has 1 amide bonds. The van der Waals surface area contributed by atoms with E-state index in [2.05, 4.69) is 48.5 Å². The minimum Gasteiger partial charge on any atom is -0.403 e. The Labute approximate surface area is 144 Å². The van der Waals surface area contributed by atoms with E-state index in [0.29, 0.717) is 11.0 Å². The van der Waals surface area contributed by atoms with Gasteiger partial charge in [0, 0.05) is 11.5 Å². The van der Waals surface area contributed by atoms with Crippen LogP contribution < -0.4 is 5.32 Å². The predicted molar refractivity (Wildman–Crippen MR) is 96.4 cm³/mol. The third kappa shape index (κ3) is 6.29. The molecular formula is C15H29N3O3SSi. The van der Waals surface area contributed by atoms with Gasteiger partial charge in [-0.1, -0.05) is 20.8 Å². The van der Waals surface area contributed by atoms with Crippen LogP contribution in [0.2, 0.25) is 18.1 Å². The fraction of sp³-hybridized carbons (Fsp3) is 0.800. The van der Waals surface area contributed by atoms with Gasteiger partial charge < -0.3 is 9.16 Å². The van der Waals surface area contributed by atoms with Crippen molar-refractivity contribution < 1.29 is 14.0 Å². The van der Waals surface area contributed by atoms with E-state index in [1.807, 2.05) is 13.8 Å². The lowest BCUT2D eigenvalue weighted by Gasteiger charge is -2.38. The van der Waals surface area contributed by atoms with Crippen molar-refractivity contribution in [3.63, 3.8) is 0 Å². The molecule has 0 fully saturated rings. The van der Waals surface area contributed by atoms with E-state index in [1.165, 1.54) is 11.5 Å². The van der Waals surface area contributed by atoms with Crippen molar-refractivity contribution in [2.45, 2.75) is 71.9 Å². The van der Waals surface area contributed by atoms with Crippen LogP contribution in [0.4, 0.5) is 5.13 Å². The van der Waals surface area contributed by atoms with Crippen LogP contribution in [0.5, 0.6) is 0 Å². The van der Waals surface area contributed by atoms with Gasteiger partial charge in [-0.2, -0.15) is 4.37 Å². The Kier molecular flexibility index (Phi) is 6.88. The van der Waals surface area contributed by atoms with Gasteiger partial charge in [0.05, 0.1) is 12.7 Å². The minimum atomic E-state index is -2.09. The van der Waals surface area contributed by atoms with Gasteiger partial charge in [0.1, 0.15) is 11.9 Å². The number of hydrogen-bond acceptors (Lipinski definition) is 6. The van der Waals surface area contributed by atoms with Crippen molar-refractivity contribution >= 4 is 30.9 Å². The molecule has 0 aromatic carbocycles. The van der Waals surface area contributed by atoms with Gasteiger partial charge in [0.2, 0.25) is 5.13 Å². The second-order valence-electron chi connectivity index (χ2n) is 7.38. The highest BCUT2D eigenvalue weighted by Crippen LogP contribution is 2.37. The quantitative estimate of drug-likeness (QED) is 0.753. The highest BCUT2D eigenvalue weighted by Gasteiger charge is 2.41. The average Bonchev–Trinajstić information content (AvgIpc) is 2.78. The molecule has 0 aliphatic rings. The number of anilines is 1. The molecule has 1 aromatic rings. The van der Waals surface area contributed by atoms with Crippen LogP contribution in [0.1, 0.15) is 40.4 Å². The number of rotatable bonds is 7. The number of aromatic nitrogens is 2. The second-order valence-corrected chi connectivity index (χ2v) is 12.9. The van der Waals surface area contributed by atoms with Crippen molar-refractivity contribution in [1.29, 1.82) is 0 Å². The van der Waals surface area contributed by atoms with E-state index in [0.717, 1.165) is 0 Å². The van der Waals surface area contributed by atoms with Gasteiger partial charge >= 0.3 is 0 Å². The smallest absolute Gasteiger partial charge is 0.256 e. The average molecular weight is 360 g/mol. The van der Waals surface area contributed by atoms with E-state index < -0.39 is 14.4 Å². The fourth-order valence-electron chi connectivity index (χ4n) is 1.51. The molecule has 1 heterocycles. The first kappa shape index (κ1) is 20.2. The van der Waals surface area contributed by atoms with Crippen molar-refractivity contribution in [1.82, 2.24) is 9.36 Å². The molecule has 132 valence electrons. The summed E-state index contributed by atoms with van der Waals surface area (Å²) in [4.78, 5) is 16.7. The van der Waals surface area contributed by atoms with Gasteiger partial charge in [-0.3, -0.25) is 10.1 Å². The SMILES string of the molecule is Cc1nsc(NC(=O)[C@H](COC(C)C)O[Si](C)(C)C(C)(C)C)n1. The van der Waals surface area contributed by atoms with Crippen LogP contribution in [0.25, 0.3) is 0 Å². The molecule has 0 saturated carbocycles. The molecule has 23 heavy (non-hydrogen) atoms. The third-order valence-electron chi connectivity index (χ3n) is 3.87. The summed E-state index contributed by atoms with van der Waals surface area (Å²) in [6, 6.07) is 0. The summed E-state index contributed by atoms with van der Waals surface area (Å²) in [7, 11) is -2.09. The van der Waals surface area contributed by atoms with E-state index in [4.69, 9.17) is 9.16 Å². The number of hydrogen-bond donors (Lipinski definition) is 1. The monoisotopic (exact) mass is 359 g/mol. The zero-order valence-electron chi connectivity index (χ0n) is 15.4. The third-order valence-corrected chi connectivity index (χ3v) is 9.08. The molecule has 1 atom stereocenters. The molecule has 0 saturated heterocycles. The van der Waals surface area contributed by atoms with Crippen LogP contribution in [0, 0.1) is 6.92 Å². The maximum atomic E-state index is 12.6. The number of carbonyl (C=O) groups is 1. The summed E-state index contributed by atoms with van der Waals surface area (Å²) in [5.41, 5.74) is 0. The Morgan fingerprint density at radius 2 is 1.96 bits per heavy atom. The highest BCUT2D eigenvalue weighted by molar-refractivity contribution is 7.09. The van der Waals surface area contributed by atoms with E-state index in [9.17, 15) is 4.79 Å². The van der Waals surface area contributed by atoms with Crippen LogP contribution >= 0.6 is 11.5 Å². The van der Waals surface area contributed by atoms with Gasteiger partial charge in [0.15, 0.2) is 8.32 Å². The largest absolute Gasteiger partial charge is 0.403 e.